The average molecular weight is 438 g/mol. The lowest BCUT2D eigenvalue weighted by Crippen LogP contribution is -2.34. The number of hydrogen-bond donors (Lipinski definition) is 2. The summed E-state index contributed by atoms with van der Waals surface area (Å²) in [5, 5.41) is 2.94. The maximum absolute atomic E-state index is 12.6. The Balaban J connectivity index is 1.66. The van der Waals surface area contributed by atoms with Crippen molar-refractivity contribution < 1.29 is 13.2 Å². The predicted molar refractivity (Wildman–Crippen MR) is 124 cm³/mol. The van der Waals surface area contributed by atoms with Gasteiger partial charge in [-0.05, 0) is 63.0 Å². The topological polar surface area (TPSA) is 78.5 Å². The molecule has 0 heterocycles. The van der Waals surface area contributed by atoms with E-state index in [4.69, 9.17) is 0 Å². The Morgan fingerprint density at radius 1 is 0.903 bits per heavy atom. The van der Waals surface area contributed by atoms with Gasteiger partial charge in [-0.15, -0.1) is 0 Å². The van der Waals surface area contributed by atoms with Crippen LogP contribution >= 0.6 is 0 Å². The quantitative estimate of drug-likeness (QED) is 0.561. The summed E-state index contributed by atoms with van der Waals surface area (Å²) in [4.78, 5) is 14.7. The van der Waals surface area contributed by atoms with Crippen LogP contribution in [0.4, 0.5) is 5.69 Å². The summed E-state index contributed by atoms with van der Waals surface area (Å²) >= 11 is 0. The Morgan fingerprint density at radius 3 is 2.10 bits per heavy atom. The van der Waals surface area contributed by atoms with Crippen LogP contribution in [0.3, 0.4) is 0 Å². The maximum Gasteiger partial charge on any atom is 0.261 e. The molecule has 0 radical (unpaired) electrons. The van der Waals surface area contributed by atoms with Gasteiger partial charge in [0, 0.05) is 17.8 Å². The van der Waals surface area contributed by atoms with Crippen molar-refractivity contribution in [3.8, 4) is 0 Å². The van der Waals surface area contributed by atoms with Gasteiger partial charge >= 0.3 is 0 Å². The molecule has 0 saturated heterocycles. The molecular weight excluding hydrogens is 410 g/mol. The SMILES string of the molecule is Cc1ccc(NS(=O)(=O)c2ccc(C(=O)NC[C@@H](c3ccccc3)N(C)C)cc2)cc1. The Labute approximate surface area is 184 Å². The number of nitrogens with zero attached hydrogens (tertiary/aromatic N) is 1. The molecule has 0 bridgehead atoms. The van der Waals surface area contributed by atoms with Crippen LogP contribution in [-0.4, -0.2) is 39.9 Å². The third-order valence-corrected chi connectivity index (χ3v) is 6.39. The number of nitrogens with one attached hydrogen (secondary N) is 2. The summed E-state index contributed by atoms with van der Waals surface area (Å²) < 4.78 is 27.7. The second-order valence-electron chi connectivity index (χ2n) is 7.60. The maximum atomic E-state index is 12.6. The molecule has 162 valence electrons. The molecule has 0 aromatic heterocycles. The fourth-order valence-electron chi connectivity index (χ4n) is 3.19. The van der Waals surface area contributed by atoms with Crippen LogP contribution in [0.1, 0.15) is 27.5 Å². The third-order valence-electron chi connectivity index (χ3n) is 4.99. The molecule has 6 nitrogen and oxygen atoms in total. The van der Waals surface area contributed by atoms with Crippen molar-refractivity contribution in [3.05, 3.63) is 95.6 Å². The molecule has 0 aliphatic carbocycles. The van der Waals surface area contributed by atoms with E-state index in [0.717, 1.165) is 11.1 Å². The summed E-state index contributed by atoms with van der Waals surface area (Å²) in [7, 11) is 0.196. The van der Waals surface area contributed by atoms with Crippen LogP contribution in [0.25, 0.3) is 0 Å². The van der Waals surface area contributed by atoms with E-state index in [1.807, 2.05) is 68.4 Å². The second kappa shape index (κ2) is 9.76. The average Bonchev–Trinajstić information content (AvgIpc) is 2.76. The molecule has 3 rings (SSSR count). The van der Waals surface area contributed by atoms with E-state index < -0.39 is 10.0 Å². The second-order valence-corrected chi connectivity index (χ2v) is 9.28. The molecule has 0 aliphatic heterocycles. The van der Waals surface area contributed by atoms with Gasteiger partial charge in [0.1, 0.15) is 0 Å². The van der Waals surface area contributed by atoms with Crippen molar-refractivity contribution in [2.75, 3.05) is 25.4 Å². The van der Waals surface area contributed by atoms with Crippen LogP contribution < -0.4 is 10.0 Å². The predicted octanol–water partition coefficient (Wildman–Crippen LogP) is 3.83. The van der Waals surface area contributed by atoms with Gasteiger partial charge < -0.3 is 10.2 Å². The first kappa shape index (κ1) is 22.5. The van der Waals surface area contributed by atoms with Gasteiger partial charge in [0.25, 0.3) is 15.9 Å². The standard InChI is InChI=1S/C24H27N3O3S/c1-18-9-13-21(14-10-18)26-31(29,30)22-15-11-20(12-16-22)24(28)25-17-23(27(2)3)19-7-5-4-6-8-19/h4-16,23,26H,17H2,1-3H3,(H,25,28)/t23-/m0/s1. The van der Waals surface area contributed by atoms with E-state index in [2.05, 4.69) is 10.0 Å². The summed E-state index contributed by atoms with van der Waals surface area (Å²) in [6.45, 7) is 2.37. The van der Waals surface area contributed by atoms with Gasteiger partial charge in [-0.25, -0.2) is 8.42 Å². The lowest BCUT2D eigenvalue weighted by atomic mass is 10.1. The molecular formula is C24H27N3O3S. The Kier molecular flexibility index (Phi) is 7.09. The number of likely N-dealkylation sites (N-methyl/N-ethyl adjacent to an activating group) is 1. The normalized spacial score (nSPS) is 12.4. The lowest BCUT2D eigenvalue weighted by Gasteiger charge is -2.25. The van der Waals surface area contributed by atoms with E-state index in [1.54, 1.807) is 12.1 Å². The fourth-order valence-corrected chi connectivity index (χ4v) is 4.24. The first-order valence-corrected chi connectivity index (χ1v) is 11.4. The number of benzene rings is 3. The van der Waals surface area contributed by atoms with Crippen LogP contribution in [0, 0.1) is 6.92 Å². The fraction of sp³-hybridized carbons (Fsp3) is 0.208. The minimum Gasteiger partial charge on any atom is -0.350 e. The number of anilines is 1. The Bertz CT molecular complexity index is 1110. The van der Waals surface area contributed by atoms with Gasteiger partial charge in [0.05, 0.1) is 10.9 Å². The van der Waals surface area contributed by atoms with E-state index in [0.29, 0.717) is 17.8 Å². The summed E-state index contributed by atoms with van der Waals surface area (Å²) in [5.74, 6) is -0.252. The molecule has 7 heteroatoms. The first-order chi connectivity index (χ1) is 14.8. The number of sulfonamides is 1. The number of hydrogen-bond acceptors (Lipinski definition) is 4. The van der Waals surface area contributed by atoms with Crippen LogP contribution in [0.15, 0.2) is 83.8 Å². The van der Waals surface area contributed by atoms with Gasteiger partial charge in [-0.2, -0.15) is 0 Å². The summed E-state index contributed by atoms with van der Waals surface area (Å²) in [5.41, 5.74) is 3.04. The molecule has 3 aromatic rings. The highest BCUT2D eigenvalue weighted by atomic mass is 32.2. The highest BCUT2D eigenvalue weighted by Gasteiger charge is 2.17. The van der Waals surface area contributed by atoms with Crippen molar-refractivity contribution in [1.29, 1.82) is 0 Å². The zero-order valence-corrected chi connectivity index (χ0v) is 18.7. The molecule has 31 heavy (non-hydrogen) atoms. The van der Waals surface area contributed by atoms with Gasteiger partial charge in [-0.3, -0.25) is 9.52 Å². The zero-order valence-electron chi connectivity index (χ0n) is 17.9. The number of rotatable bonds is 8. The van der Waals surface area contributed by atoms with E-state index in [1.165, 1.54) is 24.3 Å². The summed E-state index contributed by atoms with van der Waals surface area (Å²) in [6.07, 6.45) is 0. The molecule has 1 atom stereocenters. The molecule has 0 saturated carbocycles. The van der Waals surface area contributed by atoms with Crippen LogP contribution in [-0.2, 0) is 10.0 Å². The monoisotopic (exact) mass is 437 g/mol. The Morgan fingerprint density at radius 2 is 1.52 bits per heavy atom. The zero-order chi connectivity index (χ0) is 22.4. The van der Waals surface area contributed by atoms with Crippen molar-refractivity contribution in [3.63, 3.8) is 0 Å². The minimum atomic E-state index is -3.73. The van der Waals surface area contributed by atoms with Gasteiger partial charge in [0.2, 0.25) is 0 Å². The minimum absolute atomic E-state index is 0.0310. The van der Waals surface area contributed by atoms with Crippen molar-refractivity contribution in [2.45, 2.75) is 17.9 Å². The smallest absolute Gasteiger partial charge is 0.261 e. The summed E-state index contributed by atoms with van der Waals surface area (Å²) in [6, 6.07) is 23.0. The number of amides is 1. The van der Waals surface area contributed by atoms with E-state index in [9.17, 15) is 13.2 Å². The van der Waals surface area contributed by atoms with Gasteiger partial charge in [0.15, 0.2) is 0 Å². The highest BCUT2D eigenvalue weighted by Crippen LogP contribution is 2.19. The highest BCUT2D eigenvalue weighted by molar-refractivity contribution is 7.92. The largest absolute Gasteiger partial charge is 0.350 e. The van der Waals surface area contributed by atoms with E-state index >= 15 is 0 Å². The molecule has 0 spiro atoms. The molecule has 0 fully saturated rings. The van der Waals surface area contributed by atoms with E-state index in [-0.39, 0.29) is 16.8 Å². The Hall–Kier alpha value is -3.16. The van der Waals surface area contributed by atoms with Gasteiger partial charge in [-0.1, -0.05) is 48.0 Å². The first-order valence-electron chi connectivity index (χ1n) is 9.95. The molecule has 0 unspecified atom stereocenters. The van der Waals surface area contributed by atoms with Crippen LogP contribution in [0.5, 0.6) is 0 Å². The number of aryl methyl sites for hydroxylation is 1. The van der Waals surface area contributed by atoms with Crippen molar-refractivity contribution in [2.24, 2.45) is 0 Å². The number of carbonyl (C=O) groups is 1. The molecule has 0 aliphatic rings. The molecule has 3 aromatic carbocycles. The van der Waals surface area contributed by atoms with Crippen molar-refractivity contribution >= 4 is 21.6 Å². The third kappa shape index (κ3) is 5.93. The molecule has 2 N–H and O–H groups in total. The number of carbonyl (C=O) groups excluding carboxylic acids is 1. The van der Waals surface area contributed by atoms with Crippen molar-refractivity contribution in [1.82, 2.24) is 10.2 Å². The molecule has 1 amide bonds. The van der Waals surface area contributed by atoms with Crippen LogP contribution in [0.2, 0.25) is 0 Å². The lowest BCUT2D eigenvalue weighted by molar-refractivity contribution is 0.0942.